The molecule has 28 heteroatoms. The second-order valence-electron chi connectivity index (χ2n) is 14.7. The van der Waals surface area contributed by atoms with Crippen LogP contribution in [0, 0.1) is 0 Å². The van der Waals surface area contributed by atoms with Crippen LogP contribution in [0.1, 0.15) is 130 Å². The molecule has 24 nitrogen and oxygen atoms in total. The average molecular weight is 984 g/mol. The summed E-state index contributed by atoms with van der Waals surface area (Å²) in [7, 11) is -22.9. The van der Waals surface area contributed by atoms with E-state index in [4.69, 9.17) is 23.5 Å². The Morgan fingerprint density at radius 1 is 0.677 bits per heavy atom. The van der Waals surface area contributed by atoms with Gasteiger partial charge in [-0.2, -0.15) is 33.7 Å². The summed E-state index contributed by atoms with van der Waals surface area (Å²) in [6, 6.07) is -2.25. The molecule has 62 heavy (non-hydrogen) atoms. The highest BCUT2D eigenvalue weighted by atomic mass is 32.3. The molecule has 1 rings (SSSR count). The molecule has 7 atom stereocenters. The summed E-state index contributed by atoms with van der Waals surface area (Å²) in [5.41, 5.74) is 0. The van der Waals surface area contributed by atoms with Crippen molar-refractivity contribution in [3.63, 3.8) is 0 Å². The number of unbranched alkanes of at least 4 members (excludes halogenated alkanes) is 14. The molecule has 0 unspecified atom stereocenters. The van der Waals surface area contributed by atoms with E-state index in [0.29, 0.717) is 12.8 Å². The lowest BCUT2D eigenvalue weighted by Gasteiger charge is -2.48. The van der Waals surface area contributed by atoms with Crippen LogP contribution in [-0.4, -0.2) is 144 Å². The summed E-state index contributed by atoms with van der Waals surface area (Å²) in [6.45, 7) is 2.76. The first-order valence-electron chi connectivity index (χ1n) is 20.4. The number of carbonyl (C=O) groups excluding carboxylic acids is 1. The molecule has 0 spiro atoms. The molecule has 1 fully saturated rings. The zero-order valence-electron chi connectivity index (χ0n) is 35.2. The molecule has 6 N–H and O–H groups in total. The van der Waals surface area contributed by atoms with Crippen molar-refractivity contribution in [2.45, 2.75) is 172 Å². The third-order valence-electron chi connectivity index (χ3n) is 9.34. The quantitative estimate of drug-likeness (QED) is 0.0384. The third-order valence-corrected chi connectivity index (χ3v) is 11.2. The van der Waals surface area contributed by atoms with Gasteiger partial charge < -0.3 is 29.4 Å². The number of amides is 1. The summed E-state index contributed by atoms with van der Waals surface area (Å²) in [6.07, 6.45) is 2.69. The van der Waals surface area contributed by atoms with Crippen LogP contribution in [0.3, 0.4) is 0 Å². The molecule has 1 aliphatic heterocycles. The van der Waals surface area contributed by atoms with Crippen LogP contribution in [0.2, 0.25) is 0 Å². The minimum atomic E-state index is -5.91. The SMILES string of the molecule is CCCCCCCCCCOC[C@H](CO[C@]1(C(=O)O)C[C@H](OS(=O)(=O)O)[C@@H](NC(C)=O)[C@H]([C@H](OS(=O)(=O)O)[C@@H](COS(=O)(=O)O)OS(=O)(=O)O)O1)OCCCCCCCCCC. The van der Waals surface area contributed by atoms with Crippen molar-refractivity contribution in [1.82, 2.24) is 5.32 Å². The Morgan fingerprint density at radius 3 is 1.63 bits per heavy atom. The summed E-state index contributed by atoms with van der Waals surface area (Å²) >= 11 is 0. The fraction of sp³-hybridized carbons (Fsp3) is 0.941. The number of ether oxygens (including phenoxy) is 4. The minimum Gasteiger partial charge on any atom is -0.477 e. The number of carboxylic acids is 1. The van der Waals surface area contributed by atoms with E-state index in [1.807, 2.05) is 5.32 Å². The Morgan fingerprint density at radius 2 is 1.18 bits per heavy atom. The number of carboxylic acid groups (broad SMARTS) is 1. The number of nitrogens with one attached hydrogen (secondary N) is 1. The standard InChI is InChI=1S/C34H65NO23S4/c1-4-6-8-10-12-14-16-18-20-51-23-27(52-21-19-17-15-13-11-9-7-5-2)24-53-34(33(37)38)22-28(56-60(42,43)44)30(35-26(3)36)32(55-34)31(58-62(48,49)50)29(57-61(45,46)47)25-54-59(39,40)41/h27-32H,4-25H2,1-3H3,(H,35,36)(H,37,38)(H,39,40,41)(H,42,43,44)(H,45,46,47)(H,48,49,50)/t27-,28+,29-,30-,31-,32-,34-/m1/s1. The van der Waals surface area contributed by atoms with E-state index in [1.54, 1.807) is 0 Å². The van der Waals surface area contributed by atoms with Gasteiger partial charge in [0.25, 0.3) is 5.79 Å². The number of aliphatic carboxylic acids is 1. The van der Waals surface area contributed by atoms with Gasteiger partial charge in [-0.3, -0.25) is 23.0 Å². The highest BCUT2D eigenvalue weighted by Gasteiger charge is 2.59. The number of hydrogen-bond acceptors (Lipinski definition) is 18. The van der Waals surface area contributed by atoms with E-state index >= 15 is 0 Å². The van der Waals surface area contributed by atoms with Gasteiger partial charge in [0.1, 0.15) is 30.5 Å². The van der Waals surface area contributed by atoms with E-state index in [1.165, 1.54) is 6.42 Å². The molecule has 0 radical (unpaired) electrons. The molecule has 1 aliphatic rings. The van der Waals surface area contributed by atoms with Gasteiger partial charge in [0, 0.05) is 26.6 Å². The van der Waals surface area contributed by atoms with Crippen LogP contribution in [0.4, 0.5) is 0 Å². The van der Waals surface area contributed by atoms with Crippen LogP contribution in [-0.2, 0) is 86.9 Å². The summed E-state index contributed by atoms with van der Waals surface area (Å²) < 4.78 is 174. The molecular formula is C34H65NO23S4. The highest BCUT2D eigenvalue weighted by Crippen LogP contribution is 2.37. The van der Waals surface area contributed by atoms with Crippen LogP contribution < -0.4 is 5.32 Å². The minimum absolute atomic E-state index is 0.152. The molecule has 1 saturated heterocycles. The predicted molar refractivity (Wildman–Crippen MR) is 216 cm³/mol. The van der Waals surface area contributed by atoms with Gasteiger partial charge in [-0.1, -0.05) is 104 Å². The number of carbonyl (C=O) groups is 2. The van der Waals surface area contributed by atoms with Gasteiger partial charge in [0.2, 0.25) is 5.91 Å². The maximum Gasteiger partial charge on any atom is 0.397 e. The lowest BCUT2D eigenvalue weighted by Crippen LogP contribution is -2.69. The maximum absolute atomic E-state index is 13.1. The smallest absolute Gasteiger partial charge is 0.397 e. The molecule has 0 aromatic carbocycles. The molecular weight excluding hydrogens is 919 g/mol. The first-order chi connectivity index (χ1) is 28.8. The van der Waals surface area contributed by atoms with Gasteiger partial charge >= 0.3 is 47.6 Å². The van der Waals surface area contributed by atoms with Gasteiger partial charge in [0.15, 0.2) is 0 Å². The summed E-state index contributed by atoms with van der Waals surface area (Å²) in [4.78, 5) is 25.5. The molecule has 0 saturated carbocycles. The van der Waals surface area contributed by atoms with Gasteiger partial charge in [-0.15, -0.1) is 0 Å². The fourth-order valence-corrected chi connectivity index (χ4v) is 8.33. The first kappa shape index (κ1) is 58.3. The van der Waals surface area contributed by atoms with Crippen LogP contribution >= 0.6 is 0 Å². The average Bonchev–Trinajstić information content (AvgIpc) is 3.13. The first-order valence-corrected chi connectivity index (χ1v) is 25.9. The van der Waals surface area contributed by atoms with Crippen molar-refractivity contribution in [2.75, 3.05) is 33.0 Å². The van der Waals surface area contributed by atoms with E-state index in [-0.39, 0.29) is 19.8 Å². The molecule has 0 bridgehead atoms. The monoisotopic (exact) mass is 983 g/mol. The number of rotatable bonds is 37. The Balaban J connectivity index is 3.62. The van der Waals surface area contributed by atoms with E-state index < -0.39 is 115 Å². The molecule has 0 aromatic rings. The Labute approximate surface area is 365 Å². The van der Waals surface area contributed by atoms with Crippen molar-refractivity contribution >= 4 is 53.5 Å². The second-order valence-corrected chi connectivity index (χ2v) is 19.0. The van der Waals surface area contributed by atoms with Crippen LogP contribution in [0.15, 0.2) is 0 Å². The summed E-state index contributed by atoms with van der Waals surface area (Å²) in [5, 5.41) is 12.6. The molecule has 1 amide bonds. The van der Waals surface area contributed by atoms with Crippen molar-refractivity contribution in [3.8, 4) is 0 Å². The molecule has 0 aliphatic carbocycles. The Hall–Kier alpha value is -1.74. The van der Waals surface area contributed by atoms with Gasteiger partial charge in [-0.05, 0) is 12.8 Å². The van der Waals surface area contributed by atoms with Crippen molar-refractivity contribution in [1.29, 1.82) is 0 Å². The topological polar surface area (TPSA) is 358 Å². The lowest BCUT2D eigenvalue weighted by molar-refractivity contribution is -0.312. The zero-order valence-corrected chi connectivity index (χ0v) is 38.5. The fourth-order valence-electron chi connectivity index (χ4n) is 6.53. The van der Waals surface area contributed by atoms with Crippen LogP contribution in [0.5, 0.6) is 0 Å². The van der Waals surface area contributed by atoms with E-state index in [9.17, 15) is 62.0 Å². The van der Waals surface area contributed by atoms with Crippen molar-refractivity contribution in [3.05, 3.63) is 0 Å². The third kappa shape index (κ3) is 26.9. The highest BCUT2D eigenvalue weighted by molar-refractivity contribution is 7.81. The molecule has 0 aromatic heterocycles. The van der Waals surface area contributed by atoms with Gasteiger partial charge in [-0.25, -0.2) is 21.5 Å². The van der Waals surface area contributed by atoms with E-state index in [2.05, 4.69) is 30.6 Å². The van der Waals surface area contributed by atoms with Crippen LogP contribution in [0.25, 0.3) is 0 Å². The zero-order chi connectivity index (χ0) is 47.0. The lowest BCUT2D eigenvalue weighted by atomic mass is 9.88. The molecule has 1 heterocycles. The van der Waals surface area contributed by atoms with E-state index in [0.717, 1.165) is 90.4 Å². The largest absolute Gasteiger partial charge is 0.477 e. The summed E-state index contributed by atoms with van der Waals surface area (Å²) in [5.74, 6) is -6.46. The number of hydrogen-bond donors (Lipinski definition) is 6. The Kier molecular flexibility index (Phi) is 27.3. The maximum atomic E-state index is 13.1. The second kappa shape index (κ2) is 29.0. The Bertz CT molecular complexity index is 1750. The molecule has 368 valence electrons. The van der Waals surface area contributed by atoms with Crippen molar-refractivity contribution in [2.24, 2.45) is 0 Å². The normalized spacial score (nSPS) is 21.6. The predicted octanol–water partition coefficient (Wildman–Crippen LogP) is 3.14. The van der Waals surface area contributed by atoms with Gasteiger partial charge in [0.05, 0.1) is 25.9 Å². The van der Waals surface area contributed by atoms with Crippen molar-refractivity contribution < 1.29 is 102 Å².